The molecule has 0 aliphatic heterocycles. The van der Waals surface area contributed by atoms with Gasteiger partial charge < -0.3 is 15.0 Å². The lowest BCUT2D eigenvalue weighted by Gasteiger charge is -2.07. The molecule has 12 nitrogen and oxygen atoms in total. The number of H-pyrrole nitrogens is 3. The second kappa shape index (κ2) is 17.5. The Morgan fingerprint density at radius 3 is 1.70 bits per heavy atom. The molecule has 9 rings (SSSR count). The molecule has 0 radical (unpaired) electrons. The average Bonchev–Trinajstić information content (AvgIpc) is 3.89. The minimum atomic E-state index is -0.454. The smallest absolute Gasteiger partial charge is 0.262 e. The highest BCUT2D eigenvalue weighted by Gasteiger charge is 2.10. The van der Waals surface area contributed by atoms with Gasteiger partial charge in [-0.3, -0.25) is 33.1 Å². The number of nitrogens with one attached hydrogen (secondary N) is 3. The Morgan fingerprint density at radius 2 is 1.16 bits per heavy atom. The number of aromatic amines is 3. The molecule has 0 bridgehead atoms. The van der Waals surface area contributed by atoms with E-state index in [1.165, 1.54) is 50.0 Å². The first-order chi connectivity index (χ1) is 27.5. The standard InChI is InChI=1S/C14H10FN3OS.C13H11N3OS2.C12H9N3OS2/c15-9-4-5-12-11(7-9)13(19)18(14(20)17-12)8-10-3-1-2-6-16-10;1-8-7-19-11(14-8)6-16-12(17)9-4-2-3-5-10(9)15-13(16)18;16-11-8-3-1-2-4-9(8)14-12(17)15(11)7-10-13-5-6-18-10/h1-7H,8H2,(H,17,20);2-5,7H,6H2,1H3,(H,15,18);1-6H,7H2,(H,14,17). The van der Waals surface area contributed by atoms with Crippen LogP contribution >= 0.6 is 59.3 Å². The molecule has 0 spiro atoms. The molecule has 18 heteroatoms. The Bertz CT molecular complexity index is 3240. The maximum atomic E-state index is 13.3. The van der Waals surface area contributed by atoms with Crippen LogP contribution in [0.1, 0.15) is 21.4 Å². The van der Waals surface area contributed by atoms with Crippen molar-refractivity contribution >= 4 is 92.0 Å². The Kier molecular flexibility index (Phi) is 12.1. The summed E-state index contributed by atoms with van der Waals surface area (Å²) in [5.74, 6) is -0.454. The Morgan fingerprint density at radius 1 is 0.614 bits per heavy atom. The van der Waals surface area contributed by atoms with Gasteiger partial charge in [0.2, 0.25) is 0 Å². The number of fused-ring (bicyclic) bond motifs is 3. The van der Waals surface area contributed by atoms with E-state index in [0.29, 0.717) is 49.4 Å². The topological polar surface area (TPSA) is 152 Å². The summed E-state index contributed by atoms with van der Waals surface area (Å²) in [7, 11) is 0. The minimum Gasteiger partial charge on any atom is -0.332 e. The molecule has 3 N–H and O–H groups in total. The first-order valence-electron chi connectivity index (χ1n) is 17.1. The lowest BCUT2D eigenvalue weighted by Crippen LogP contribution is -2.23. The van der Waals surface area contributed by atoms with Gasteiger partial charge in [0.05, 0.1) is 58.0 Å². The number of aromatic nitrogens is 9. The second-order valence-corrected chi connectivity index (χ2v) is 15.5. The third-order valence-electron chi connectivity index (χ3n) is 8.51. The van der Waals surface area contributed by atoms with Gasteiger partial charge in [-0.2, -0.15) is 0 Å². The van der Waals surface area contributed by atoms with Crippen molar-refractivity contribution in [1.29, 1.82) is 0 Å². The van der Waals surface area contributed by atoms with E-state index in [1.807, 2.05) is 60.1 Å². The molecule has 0 fully saturated rings. The number of hydrogen-bond acceptors (Lipinski definition) is 11. The van der Waals surface area contributed by atoms with Gasteiger partial charge in [0.15, 0.2) is 14.3 Å². The highest BCUT2D eigenvalue weighted by molar-refractivity contribution is 7.71. The Labute approximate surface area is 345 Å². The highest BCUT2D eigenvalue weighted by atomic mass is 32.1. The molecule has 286 valence electrons. The van der Waals surface area contributed by atoms with Crippen molar-refractivity contribution in [2.45, 2.75) is 26.6 Å². The molecule has 0 amide bonds. The first kappa shape index (κ1) is 39.3. The van der Waals surface area contributed by atoms with E-state index in [2.05, 4.69) is 29.9 Å². The summed E-state index contributed by atoms with van der Waals surface area (Å²) in [6.45, 7) is 3.01. The number of nitrogens with zero attached hydrogens (tertiary/aromatic N) is 6. The number of rotatable bonds is 6. The molecule has 0 aliphatic carbocycles. The number of thiazole rings is 2. The van der Waals surface area contributed by atoms with Crippen LogP contribution in [0.3, 0.4) is 0 Å². The zero-order valence-corrected chi connectivity index (χ0v) is 33.9. The molecule has 3 aromatic carbocycles. The van der Waals surface area contributed by atoms with E-state index in [0.717, 1.165) is 26.7 Å². The van der Waals surface area contributed by atoms with Crippen LogP contribution in [0.2, 0.25) is 0 Å². The number of aryl methyl sites for hydroxylation is 1. The van der Waals surface area contributed by atoms with Crippen LogP contribution in [0.4, 0.5) is 4.39 Å². The quantitative estimate of drug-likeness (QED) is 0.141. The zero-order valence-electron chi connectivity index (χ0n) is 29.8. The summed E-state index contributed by atoms with van der Waals surface area (Å²) in [6.07, 6.45) is 3.37. The second-order valence-electron chi connectivity index (χ2n) is 12.4. The van der Waals surface area contributed by atoms with Crippen LogP contribution in [0.15, 0.2) is 122 Å². The number of halogens is 1. The number of pyridine rings is 1. The van der Waals surface area contributed by atoms with Crippen molar-refractivity contribution in [3.05, 3.63) is 181 Å². The van der Waals surface area contributed by atoms with Crippen molar-refractivity contribution in [1.82, 2.24) is 43.6 Å². The number of benzene rings is 3. The minimum absolute atomic E-state index is 0.0767. The average molecular weight is 852 g/mol. The summed E-state index contributed by atoms with van der Waals surface area (Å²) >= 11 is 18.7. The van der Waals surface area contributed by atoms with Gasteiger partial charge in [0, 0.05) is 28.8 Å². The summed E-state index contributed by atoms with van der Waals surface area (Å²) in [6, 6.07) is 24.2. The van der Waals surface area contributed by atoms with E-state index in [4.69, 9.17) is 36.7 Å². The van der Waals surface area contributed by atoms with Gasteiger partial charge >= 0.3 is 0 Å². The third-order valence-corrected chi connectivity index (χ3v) is 11.2. The van der Waals surface area contributed by atoms with Gasteiger partial charge in [-0.1, -0.05) is 30.3 Å². The van der Waals surface area contributed by atoms with Gasteiger partial charge in [0.25, 0.3) is 16.7 Å². The highest BCUT2D eigenvalue weighted by Crippen LogP contribution is 2.13. The largest absolute Gasteiger partial charge is 0.332 e. The number of hydrogen-bond donors (Lipinski definition) is 3. The normalized spacial score (nSPS) is 10.9. The fourth-order valence-electron chi connectivity index (χ4n) is 5.78. The van der Waals surface area contributed by atoms with Gasteiger partial charge in [-0.15, -0.1) is 22.7 Å². The molecule has 0 saturated carbocycles. The number of para-hydroxylation sites is 2. The third kappa shape index (κ3) is 9.05. The molecule has 6 heterocycles. The van der Waals surface area contributed by atoms with Crippen LogP contribution < -0.4 is 16.7 Å². The van der Waals surface area contributed by atoms with Crippen molar-refractivity contribution in [2.24, 2.45) is 0 Å². The van der Waals surface area contributed by atoms with E-state index < -0.39 is 5.82 Å². The van der Waals surface area contributed by atoms with Crippen LogP contribution in [0.5, 0.6) is 0 Å². The Hall–Kier alpha value is -5.92. The molecule has 0 atom stereocenters. The van der Waals surface area contributed by atoms with E-state index in [9.17, 15) is 18.8 Å². The summed E-state index contributed by atoms with van der Waals surface area (Å²) in [4.78, 5) is 58.9. The molecule has 0 unspecified atom stereocenters. The van der Waals surface area contributed by atoms with Gasteiger partial charge in [-0.25, -0.2) is 14.4 Å². The van der Waals surface area contributed by atoms with E-state index >= 15 is 0 Å². The molecule has 9 aromatic rings. The first-order valence-corrected chi connectivity index (χ1v) is 20.1. The molecule has 57 heavy (non-hydrogen) atoms. The monoisotopic (exact) mass is 851 g/mol. The molecular formula is C39H30FN9O3S5. The molecular weight excluding hydrogens is 822 g/mol. The van der Waals surface area contributed by atoms with Crippen molar-refractivity contribution in [2.75, 3.05) is 0 Å². The van der Waals surface area contributed by atoms with Crippen LogP contribution in [-0.4, -0.2) is 43.6 Å². The maximum absolute atomic E-state index is 13.3. The van der Waals surface area contributed by atoms with Crippen LogP contribution in [0.25, 0.3) is 32.7 Å². The maximum Gasteiger partial charge on any atom is 0.262 e. The van der Waals surface area contributed by atoms with Crippen LogP contribution in [0, 0.1) is 27.1 Å². The van der Waals surface area contributed by atoms with Crippen molar-refractivity contribution < 1.29 is 4.39 Å². The SMILES string of the molecule is Cc1csc(Cn2c(=S)[nH]c3ccccc3c2=O)n1.O=c1c2cc(F)ccc2[nH]c(=S)n1Cc1ccccn1.O=c1c2ccccc2[nH]c(=S)n1Cc1nccs1. The van der Waals surface area contributed by atoms with Gasteiger partial charge in [0.1, 0.15) is 15.8 Å². The molecule has 0 aliphatic rings. The van der Waals surface area contributed by atoms with E-state index in [1.54, 1.807) is 41.2 Å². The van der Waals surface area contributed by atoms with Gasteiger partial charge in [-0.05, 0) is 98.2 Å². The van der Waals surface area contributed by atoms with Crippen molar-refractivity contribution in [3.8, 4) is 0 Å². The predicted molar refractivity (Wildman–Crippen MR) is 231 cm³/mol. The fourth-order valence-corrected chi connectivity index (χ4v) is 7.92. The summed E-state index contributed by atoms with van der Waals surface area (Å²) in [5, 5.41) is 7.16. The summed E-state index contributed by atoms with van der Waals surface area (Å²) in [5.41, 5.74) is 3.25. The fraction of sp³-hybridized carbons (Fsp3) is 0.103. The van der Waals surface area contributed by atoms with Crippen LogP contribution in [-0.2, 0) is 19.6 Å². The van der Waals surface area contributed by atoms with E-state index in [-0.39, 0.29) is 28.6 Å². The Balaban J connectivity index is 0.000000131. The molecule has 6 aromatic heterocycles. The lowest BCUT2D eigenvalue weighted by atomic mass is 10.2. The van der Waals surface area contributed by atoms with Crippen molar-refractivity contribution in [3.63, 3.8) is 0 Å². The molecule has 0 saturated heterocycles. The lowest BCUT2D eigenvalue weighted by molar-refractivity contribution is 0.628. The predicted octanol–water partition coefficient (Wildman–Crippen LogP) is 8.08. The summed E-state index contributed by atoms with van der Waals surface area (Å²) < 4.78 is 18.9. The zero-order chi connectivity index (χ0) is 40.1.